The minimum atomic E-state index is 0.435. The molecule has 0 aliphatic carbocycles. The molecule has 60 valence electrons. The number of allylic oxidation sites excluding steroid dienone is 1. The van der Waals surface area contributed by atoms with Crippen LogP contribution < -0.4 is 0 Å². The molecule has 0 aromatic heterocycles. The third kappa shape index (κ3) is 1.32. The maximum absolute atomic E-state index is 5.21. The minimum Gasteiger partial charge on any atom is -0.446 e. The molecule has 0 atom stereocenters. The summed E-state index contributed by atoms with van der Waals surface area (Å²) in [5.74, 6) is 0.582. The van der Waals surface area contributed by atoms with E-state index in [2.05, 4.69) is 15.0 Å². The van der Waals surface area contributed by atoms with Gasteiger partial charge >= 0.3 is 0 Å². The first-order chi connectivity index (χ1) is 5.97. The van der Waals surface area contributed by atoms with Crippen LogP contribution in [0.5, 0.6) is 0 Å². The molecule has 2 aliphatic heterocycles. The first kappa shape index (κ1) is 6.97. The van der Waals surface area contributed by atoms with Crippen LogP contribution in [0, 0.1) is 0 Å². The lowest BCUT2D eigenvalue weighted by molar-refractivity contribution is 0.471. The van der Waals surface area contributed by atoms with Gasteiger partial charge in [-0.25, -0.2) is 4.99 Å². The fourth-order valence-electron chi connectivity index (χ4n) is 0.896. The zero-order valence-corrected chi connectivity index (χ0v) is 6.34. The van der Waals surface area contributed by atoms with E-state index in [1.807, 2.05) is 0 Å². The summed E-state index contributed by atoms with van der Waals surface area (Å²) in [4.78, 5) is 12.0. The van der Waals surface area contributed by atoms with Crippen LogP contribution in [0.1, 0.15) is 0 Å². The lowest BCUT2D eigenvalue weighted by Crippen LogP contribution is -2.11. The summed E-state index contributed by atoms with van der Waals surface area (Å²) in [5, 5.41) is 0. The molecule has 0 bridgehead atoms. The van der Waals surface area contributed by atoms with Gasteiger partial charge in [-0.05, 0) is 6.08 Å². The molecule has 0 spiro atoms. The molecule has 0 radical (unpaired) electrons. The summed E-state index contributed by atoms with van der Waals surface area (Å²) >= 11 is 0. The van der Waals surface area contributed by atoms with Gasteiger partial charge < -0.3 is 4.74 Å². The molecule has 4 nitrogen and oxygen atoms in total. The zero-order valence-electron chi connectivity index (χ0n) is 6.34. The Balaban J connectivity index is 2.35. The SMILES string of the molecule is C1=NCN=C2O\C=C/C=N\C=C\12. The van der Waals surface area contributed by atoms with Gasteiger partial charge in [-0.3, -0.25) is 9.98 Å². The molecule has 0 unspecified atom stereocenters. The maximum atomic E-state index is 5.21. The first-order valence-electron chi connectivity index (χ1n) is 3.56. The van der Waals surface area contributed by atoms with Gasteiger partial charge in [0.25, 0.3) is 0 Å². The van der Waals surface area contributed by atoms with Gasteiger partial charge in [0.2, 0.25) is 5.90 Å². The third-order valence-corrected chi connectivity index (χ3v) is 1.42. The fraction of sp³-hybridized carbons (Fsp3) is 0.125. The van der Waals surface area contributed by atoms with E-state index in [1.54, 1.807) is 31.0 Å². The van der Waals surface area contributed by atoms with Crippen LogP contribution >= 0.6 is 0 Å². The highest BCUT2D eigenvalue weighted by Crippen LogP contribution is 2.05. The van der Waals surface area contributed by atoms with Crippen molar-refractivity contribution in [2.24, 2.45) is 15.0 Å². The van der Waals surface area contributed by atoms with E-state index in [9.17, 15) is 0 Å². The van der Waals surface area contributed by atoms with Gasteiger partial charge in [-0.15, -0.1) is 0 Å². The van der Waals surface area contributed by atoms with Crippen LogP contribution in [0.4, 0.5) is 0 Å². The Morgan fingerprint density at radius 2 is 2.42 bits per heavy atom. The topological polar surface area (TPSA) is 46.3 Å². The number of ether oxygens (including phenoxy) is 1. The highest BCUT2D eigenvalue weighted by atomic mass is 16.5. The van der Waals surface area contributed by atoms with Crippen LogP contribution in [0.2, 0.25) is 0 Å². The van der Waals surface area contributed by atoms with Crippen molar-refractivity contribution in [3.05, 3.63) is 24.1 Å². The van der Waals surface area contributed by atoms with Crippen LogP contribution in [0.15, 0.2) is 39.1 Å². The number of rotatable bonds is 0. The normalized spacial score (nSPS) is 29.7. The Bertz CT molecular complexity index is 323. The van der Waals surface area contributed by atoms with E-state index in [1.165, 1.54) is 0 Å². The van der Waals surface area contributed by atoms with Crippen LogP contribution in [-0.4, -0.2) is 25.0 Å². The summed E-state index contributed by atoms with van der Waals surface area (Å²) in [6, 6.07) is 0. The van der Waals surface area contributed by atoms with Crippen molar-refractivity contribution in [2.45, 2.75) is 0 Å². The van der Waals surface area contributed by atoms with E-state index in [0.29, 0.717) is 12.6 Å². The average molecular weight is 161 g/mol. The second kappa shape index (κ2) is 3.13. The van der Waals surface area contributed by atoms with Crippen LogP contribution in [0.25, 0.3) is 0 Å². The number of fused-ring (bicyclic) bond motifs is 1. The minimum absolute atomic E-state index is 0.435. The van der Waals surface area contributed by atoms with Gasteiger partial charge in [0.05, 0.1) is 11.8 Å². The lowest BCUT2D eigenvalue weighted by atomic mass is 10.3. The second-order valence-electron chi connectivity index (χ2n) is 2.25. The summed E-state index contributed by atoms with van der Waals surface area (Å²) in [6.45, 7) is 0.435. The molecular formula is C8H7N3O. The largest absolute Gasteiger partial charge is 0.446 e. The summed E-state index contributed by atoms with van der Waals surface area (Å²) in [7, 11) is 0. The van der Waals surface area contributed by atoms with Crippen molar-refractivity contribution in [2.75, 3.05) is 6.67 Å². The van der Waals surface area contributed by atoms with Crippen molar-refractivity contribution in [3.8, 4) is 0 Å². The molecule has 0 N–H and O–H groups in total. The molecule has 0 aromatic carbocycles. The Morgan fingerprint density at radius 3 is 3.42 bits per heavy atom. The fourth-order valence-corrected chi connectivity index (χ4v) is 0.896. The molecule has 12 heavy (non-hydrogen) atoms. The highest BCUT2D eigenvalue weighted by molar-refractivity contribution is 6.13. The lowest BCUT2D eigenvalue weighted by Gasteiger charge is -2.08. The molecule has 0 aromatic rings. The van der Waals surface area contributed by atoms with Gasteiger partial charge in [-0.1, -0.05) is 0 Å². The predicted molar refractivity (Wildman–Crippen MR) is 47.6 cm³/mol. The second-order valence-corrected chi connectivity index (χ2v) is 2.25. The van der Waals surface area contributed by atoms with E-state index in [4.69, 9.17) is 4.74 Å². The van der Waals surface area contributed by atoms with Crippen molar-refractivity contribution in [1.29, 1.82) is 0 Å². The molecule has 2 rings (SSSR count). The van der Waals surface area contributed by atoms with E-state index >= 15 is 0 Å². The van der Waals surface area contributed by atoms with E-state index in [-0.39, 0.29) is 0 Å². The molecular weight excluding hydrogens is 154 g/mol. The van der Waals surface area contributed by atoms with Crippen molar-refractivity contribution >= 4 is 18.3 Å². The Morgan fingerprint density at radius 1 is 1.42 bits per heavy atom. The quantitative estimate of drug-likeness (QED) is 0.521. The van der Waals surface area contributed by atoms with E-state index in [0.717, 1.165) is 5.57 Å². The van der Waals surface area contributed by atoms with Gasteiger partial charge in [0.1, 0.15) is 6.67 Å². The smallest absolute Gasteiger partial charge is 0.226 e. The standard InChI is InChI=1S/C8H7N3O/c1-2-9-4-7-5-10-6-11-8(7)12-3-1/h1-5H,6H2/b3-1-,7-4-,9-2-. The average Bonchev–Trinajstić information content (AvgIpc) is 2.06. The van der Waals surface area contributed by atoms with Gasteiger partial charge in [0.15, 0.2) is 0 Å². The number of nitrogens with zero attached hydrogens (tertiary/aromatic N) is 3. The third-order valence-electron chi connectivity index (χ3n) is 1.42. The maximum Gasteiger partial charge on any atom is 0.226 e. The van der Waals surface area contributed by atoms with E-state index < -0.39 is 0 Å². The van der Waals surface area contributed by atoms with Crippen LogP contribution in [-0.2, 0) is 4.74 Å². The predicted octanol–water partition coefficient (Wildman–Crippen LogP) is 0.925. The van der Waals surface area contributed by atoms with Crippen molar-refractivity contribution in [3.63, 3.8) is 0 Å². The number of aliphatic imine (C=N–C) groups is 3. The first-order valence-corrected chi connectivity index (χ1v) is 3.56. The van der Waals surface area contributed by atoms with Gasteiger partial charge in [-0.2, -0.15) is 0 Å². The Kier molecular flexibility index (Phi) is 1.82. The molecule has 0 amide bonds. The Labute approximate surface area is 69.7 Å². The highest BCUT2D eigenvalue weighted by Gasteiger charge is 2.08. The summed E-state index contributed by atoms with van der Waals surface area (Å²) < 4.78 is 5.21. The zero-order chi connectivity index (χ0) is 8.23. The summed E-state index contributed by atoms with van der Waals surface area (Å²) in [6.07, 6.45) is 8.28. The summed E-state index contributed by atoms with van der Waals surface area (Å²) in [5.41, 5.74) is 0.807. The van der Waals surface area contributed by atoms with Crippen LogP contribution in [0.3, 0.4) is 0 Å². The monoisotopic (exact) mass is 161 g/mol. The molecule has 2 heterocycles. The number of hydrogen-bond acceptors (Lipinski definition) is 4. The molecule has 0 saturated carbocycles. The molecule has 0 fully saturated rings. The molecule has 4 heteroatoms. The van der Waals surface area contributed by atoms with Crippen molar-refractivity contribution < 1.29 is 4.74 Å². The number of hydrogen-bond donors (Lipinski definition) is 0. The molecule has 2 aliphatic rings. The van der Waals surface area contributed by atoms with Gasteiger partial charge in [0, 0.05) is 18.6 Å². The van der Waals surface area contributed by atoms with Crippen molar-refractivity contribution in [1.82, 2.24) is 0 Å². The molecule has 0 saturated heterocycles. The Hall–Kier alpha value is -1.71.